The maximum absolute atomic E-state index is 13.0. The molecule has 0 radical (unpaired) electrons. The molecule has 2 aromatic rings. The molecule has 2 aromatic heterocycles. The zero-order chi connectivity index (χ0) is 28.4. The first kappa shape index (κ1) is 27.8. The number of rotatable bonds is 9. The number of nitrogens with two attached hydrogens (primary N) is 1. The van der Waals surface area contributed by atoms with Crippen molar-refractivity contribution in [2.75, 3.05) is 29.1 Å². The topological polar surface area (TPSA) is 225 Å². The van der Waals surface area contributed by atoms with Crippen LogP contribution in [0, 0.1) is 0 Å². The number of aliphatic carboxylic acids is 1. The van der Waals surface area contributed by atoms with Crippen molar-refractivity contribution in [2.45, 2.75) is 29.1 Å². The Kier molecular flexibility index (Phi) is 8.19. The summed E-state index contributed by atoms with van der Waals surface area (Å²) >= 11 is 3.65. The van der Waals surface area contributed by atoms with Gasteiger partial charge in [-0.05, 0) is 24.1 Å². The largest absolute Gasteiger partial charge is 0.477 e. The molecule has 0 bridgehead atoms. The number of nitrogen functional groups attached to an aromatic ring is 1. The summed E-state index contributed by atoms with van der Waals surface area (Å²) in [6.45, 7) is 0.576. The summed E-state index contributed by atoms with van der Waals surface area (Å²) in [5, 5.41) is 30.1. The van der Waals surface area contributed by atoms with Crippen molar-refractivity contribution in [3.63, 3.8) is 0 Å². The molecule has 0 aromatic carbocycles. The molecule has 3 aliphatic heterocycles. The molecule has 2 saturated heterocycles. The van der Waals surface area contributed by atoms with Gasteiger partial charge in [-0.25, -0.2) is 4.79 Å². The van der Waals surface area contributed by atoms with Crippen LogP contribution in [0.3, 0.4) is 0 Å². The van der Waals surface area contributed by atoms with Gasteiger partial charge in [-0.1, -0.05) is 5.16 Å². The highest BCUT2D eigenvalue weighted by Crippen LogP contribution is 2.41. The number of carboxylic acids is 1. The molecule has 40 heavy (non-hydrogen) atoms. The van der Waals surface area contributed by atoms with Crippen LogP contribution >= 0.6 is 35.1 Å². The van der Waals surface area contributed by atoms with Gasteiger partial charge in [-0.15, -0.1) is 11.8 Å². The fraction of sp³-hybridized carbons (Fsp3) is 0.364. The van der Waals surface area contributed by atoms with E-state index in [4.69, 9.17) is 5.73 Å². The number of hydrogen-bond donors (Lipinski definition) is 6. The van der Waals surface area contributed by atoms with Gasteiger partial charge in [0.1, 0.15) is 17.1 Å². The third kappa shape index (κ3) is 5.60. The van der Waals surface area contributed by atoms with Gasteiger partial charge >= 0.3 is 5.97 Å². The predicted molar refractivity (Wildman–Crippen MR) is 148 cm³/mol. The number of aromatic nitrogens is 3. The van der Waals surface area contributed by atoms with E-state index >= 15 is 0 Å². The summed E-state index contributed by atoms with van der Waals surface area (Å²) < 4.78 is 3.83. The SMILES string of the molecule is Nc1nc(/C(=N/O)C(=O)N[C@@H]2C(=O)N3C(C(=O)O)=C(CS[C@@H]4CN[C@H](C(=O)Nc5cccnc5)C4)CS[C@H]23)ns1. The standard InChI is InChI=1S/C22H23N9O6S3/c23-22-28-16(30-40-22)13(29-37)18(33)27-14-19(34)31-15(21(35)36)9(8-39-20(14)31)7-38-11-4-12(25-6-11)17(32)26-10-2-1-3-24-5-10/h1-3,5,11-12,14,20,25,37H,4,6-8H2,(H,26,32)(H,27,33)(H,35,36)(H2,23,28,30)/b29-13-/t11-,12-,14+,20+/m0/s1. The van der Waals surface area contributed by atoms with E-state index in [-0.39, 0.29) is 33.9 Å². The number of fused-ring (bicyclic) bond motifs is 1. The number of nitrogens with one attached hydrogen (secondary N) is 3. The molecule has 0 saturated carbocycles. The molecule has 2 fully saturated rings. The normalized spacial score (nSPS) is 24.4. The first-order valence-electron chi connectivity index (χ1n) is 11.8. The zero-order valence-corrected chi connectivity index (χ0v) is 23.0. The zero-order valence-electron chi connectivity index (χ0n) is 20.5. The van der Waals surface area contributed by atoms with Gasteiger partial charge in [0.25, 0.3) is 11.8 Å². The predicted octanol–water partition coefficient (Wildman–Crippen LogP) is -0.465. The van der Waals surface area contributed by atoms with Crippen LogP contribution in [0.4, 0.5) is 10.8 Å². The van der Waals surface area contributed by atoms with E-state index in [9.17, 15) is 29.5 Å². The molecule has 0 spiro atoms. The number of carbonyl (C=O) groups excluding carboxylic acids is 3. The monoisotopic (exact) mass is 605 g/mol. The average Bonchev–Trinajstić information content (AvgIpc) is 3.60. The van der Waals surface area contributed by atoms with Crippen molar-refractivity contribution in [3.05, 3.63) is 41.6 Å². The summed E-state index contributed by atoms with van der Waals surface area (Å²) in [6.07, 6.45) is 3.74. The molecule has 15 nitrogen and oxygen atoms in total. The molecule has 18 heteroatoms. The van der Waals surface area contributed by atoms with Crippen LogP contribution in [0.2, 0.25) is 0 Å². The minimum absolute atomic E-state index is 0.0659. The van der Waals surface area contributed by atoms with Gasteiger partial charge in [-0.2, -0.15) is 21.1 Å². The number of amides is 3. The lowest BCUT2D eigenvalue weighted by atomic mass is 10.0. The quantitative estimate of drug-likeness (QED) is 0.0921. The van der Waals surface area contributed by atoms with E-state index in [1.54, 1.807) is 24.5 Å². The van der Waals surface area contributed by atoms with Crippen molar-refractivity contribution in [1.82, 2.24) is 29.9 Å². The summed E-state index contributed by atoms with van der Waals surface area (Å²) in [5.41, 5.74) is 6.09. The summed E-state index contributed by atoms with van der Waals surface area (Å²) in [5.74, 6) is -2.38. The van der Waals surface area contributed by atoms with Crippen LogP contribution in [-0.4, -0.2) is 99.7 Å². The van der Waals surface area contributed by atoms with Crippen molar-refractivity contribution in [2.24, 2.45) is 5.16 Å². The highest BCUT2D eigenvalue weighted by atomic mass is 32.2. The molecule has 0 aliphatic carbocycles. The Morgan fingerprint density at radius 3 is 2.85 bits per heavy atom. The molecule has 5 rings (SSSR count). The molecule has 210 valence electrons. The average molecular weight is 606 g/mol. The molecule has 0 unspecified atom stereocenters. The fourth-order valence-electron chi connectivity index (χ4n) is 4.44. The minimum atomic E-state index is -1.24. The lowest BCUT2D eigenvalue weighted by Crippen LogP contribution is -2.71. The van der Waals surface area contributed by atoms with Crippen LogP contribution in [0.1, 0.15) is 12.2 Å². The number of nitrogens with zero attached hydrogens (tertiary/aromatic N) is 5. The van der Waals surface area contributed by atoms with Gasteiger partial charge in [-0.3, -0.25) is 24.3 Å². The van der Waals surface area contributed by atoms with Crippen molar-refractivity contribution in [3.8, 4) is 0 Å². The lowest BCUT2D eigenvalue weighted by molar-refractivity contribution is -0.150. The van der Waals surface area contributed by atoms with E-state index < -0.39 is 34.9 Å². The number of oxime groups is 1. The highest BCUT2D eigenvalue weighted by molar-refractivity contribution is 8.01. The van der Waals surface area contributed by atoms with E-state index in [0.717, 1.165) is 11.5 Å². The second-order valence-electron chi connectivity index (χ2n) is 8.88. The number of pyridine rings is 1. The van der Waals surface area contributed by atoms with E-state index in [2.05, 4.69) is 35.4 Å². The molecule has 3 aliphatic rings. The number of carboxylic acid groups (broad SMARTS) is 1. The maximum Gasteiger partial charge on any atom is 0.352 e. The number of anilines is 2. The maximum atomic E-state index is 13.0. The van der Waals surface area contributed by atoms with Gasteiger partial charge in [0.15, 0.2) is 5.13 Å². The molecule has 5 heterocycles. The van der Waals surface area contributed by atoms with Crippen LogP contribution in [-0.2, 0) is 19.2 Å². The Morgan fingerprint density at radius 2 is 2.17 bits per heavy atom. The van der Waals surface area contributed by atoms with E-state index in [0.29, 0.717) is 35.7 Å². The van der Waals surface area contributed by atoms with Gasteiger partial charge in [0.2, 0.25) is 17.4 Å². The second kappa shape index (κ2) is 11.8. The van der Waals surface area contributed by atoms with Gasteiger partial charge in [0, 0.05) is 41.0 Å². The Labute approximate surface area is 239 Å². The van der Waals surface area contributed by atoms with Crippen LogP contribution in [0.25, 0.3) is 0 Å². The lowest BCUT2D eigenvalue weighted by Gasteiger charge is -2.49. The summed E-state index contributed by atoms with van der Waals surface area (Å²) in [4.78, 5) is 59.3. The van der Waals surface area contributed by atoms with E-state index in [1.807, 2.05) is 0 Å². The van der Waals surface area contributed by atoms with E-state index in [1.165, 1.54) is 28.4 Å². The summed E-state index contributed by atoms with van der Waals surface area (Å²) in [7, 11) is 0. The smallest absolute Gasteiger partial charge is 0.352 e. The number of β-lactam (4-membered cyclic amide) rings is 1. The third-order valence-corrected chi connectivity index (χ3v) is 9.56. The molecule has 4 atom stereocenters. The highest BCUT2D eigenvalue weighted by Gasteiger charge is 2.54. The van der Waals surface area contributed by atoms with Gasteiger partial charge < -0.3 is 32.0 Å². The van der Waals surface area contributed by atoms with Crippen molar-refractivity contribution < 1.29 is 29.5 Å². The third-order valence-electron chi connectivity index (χ3n) is 6.33. The number of carbonyl (C=O) groups is 4. The fourth-order valence-corrected chi connectivity index (χ4v) is 7.57. The Morgan fingerprint density at radius 1 is 1.35 bits per heavy atom. The number of hydrogen-bond acceptors (Lipinski definition) is 14. The van der Waals surface area contributed by atoms with Gasteiger partial charge in [0.05, 0.1) is 17.9 Å². The minimum Gasteiger partial charge on any atom is -0.477 e. The Hall–Kier alpha value is -3.74. The molecule has 3 amide bonds. The first-order chi connectivity index (χ1) is 19.3. The van der Waals surface area contributed by atoms with Crippen LogP contribution in [0.5, 0.6) is 0 Å². The molecule has 7 N–H and O–H groups in total. The summed E-state index contributed by atoms with van der Waals surface area (Å²) in [6, 6.07) is 2.07. The second-order valence-corrected chi connectivity index (χ2v) is 12.1. The Balaban J connectivity index is 1.18. The van der Waals surface area contributed by atoms with Crippen molar-refractivity contribution >= 4 is 75.3 Å². The van der Waals surface area contributed by atoms with Crippen LogP contribution in [0.15, 0.2) is 41.0 Å². The van der Waals surface area contributed by atoms with Crippen molar-refractivity contribution in [1.29, 1.82) is 0 Å². The molecular formula is C22H23N9O6S3. The first-order valence-corrected chi connectivity index (χ1v) is 14.7. The van der Waals surface area contributed by atoms with Crippen LogP contribution < -0.4 is 21.7 Å². The molecular weight excluding hydrogens is 583 g/mol. The Bertz CT molecular complexity index is 1400. The number of thioether (sulfide) groups is 2.